The minimum Gasteiger partial charge on any atom is -0.444 e. The van der Waals surface area contributed by atoms with E-state index in [1.165, 1.54) is 0 Å². The topological polar surface area (TPSA) is 115 Å². The molecule has 6 heterocycles. The minimum absolute atomic E-state index is 0.167. The zero-order valence-corrected chi connectivity index (χ0v) is 35.6. The van der Waals surface area contributed by atoms with Gasteiger partial charge in [0.05, 0.1) is 45.1 Å². The molecule has 14 heteroatoms. The van der Waals surface area contributed by atoms with Gasteiger partial charge in [-0.25, -0.2) is 19.6 Å². The Morgan fingerprint density at radius 3 is 2.17 bits per heavy atom. The normalized spacial score (nSPS) is 17.7. The van der Waals surface area contributed by atoms with E-state index in [0.29, 0.717) is 37.9 Å². The van der Waals surface area contributed by atoms with Gasteiger partial charge in [-0.05, 0) is 91.0 Å². The number of carbonyl (C=O) groups excluding carboxylic acids is 2. The number of fused-ring (bicyclic) bond motifs is 1. The summed E-state index contributed by atoms with van der Waals surface area (Å²) in [5, 5.41) is 4.24. The molecule has 4 aromatic rings. The molecular formula is C40H52N6O5S2Si. The maximum atomic E-state index is 13.3. The van der Waals surface area contributed by atoms with Gasteiger partial charge in [0.15, 0.2) is 0 Å². The number of nitrogens with one attached hydrogen (secondary N) is 1. The molecule has 0 saturated carbocycles. The lowest BCUT2D eigenvalue weighted by Gasteiger charge is -2.29. The number of nitrogens with zero attached hydrogens (tertiary/aromatic N) is 5. The van der Waals surface area contributed by atoms with Gasteiger partial charge in [-0.15, -0.1) is 22.7 Å². The molecule has 2 saturated heterocycles. The fourth-order valence-corrected chi connectivity index (χ4v) is 9.60. The van der Waals surface area contributed by atoms with Gasteiger partial charge in [-0.3, -0.25) is 9.80 Å². The van der Waals surface area contributed by atoms with Gasteiger partial charge >= 0.3 is 12.2 Å². The zero-order chi connectivity index (χ0) is 38.8. The maximum absolute atomic E-state index is 13.3. The summed E-state index contributed by atoms with van der Waals surface area (Å²) in [4.78, 5) is 42.3. The van der Waals surface area contributed by atoms with E-state index in [2.05, 4.69) is 68.6 Å². The second-order valence-electron chi connectivity index (χ2n) is 17.1. The summed E-state index contributed by atoms with van der Waals surface area (Å²) in [6.07, 6.45) is 6.37. The van der Waals surface area contributed by atoms with Gasteiger partial charge < -0.3 is 23.8 Å². The number of aromatic amines is 1. The van der Waals surface area contributed by atoms with Crippen LogP contribution < -0.4 is 0 Å². The molecule has 6 rings (SSSR count). The van der Waals surface area contributed by atoms with Crippen molar-refractivity contribution in [2.45, 2.75) is 123 Å². The first kappa shape index (κ1) is 39.6. The zero-order valence-electron chi connectivity index (χ0n) is 32.9. The van der Waals surface area contributed by atoms with Gasteiger partial charge in [0.2, 0.25) is 0 Å². The van der Waals surface area contributed by atoms with Crippen LogP contribution in [0.1, 0.15) is 102 Å². The highest BCUT2D eigenvalue weighted by Crippen LogP contribution is 2.42. The Hall–Kier alpha value is -4.08. The molecule has 2 amide bonds. The highest BCUT2D eigenvalue weighted by Gasteiger charge is 2.37. The number of amides is 2. The minimum atomic E-state index is -1.28. The van der Waals surface area contributed by atoms with E-state index in [4.69, 9.17) is 19.2 Å². The van der Waals surface area contributed by atoms with Crippen LogP contribution >= 0.6 is 22.7 Å². The number of carbonyl (C=O) groups is 2. The number of H-pyrrole nitrogens is 1. The van der Waals surface area contributed by atoms with Crippen LogP contribution in [-0.2, 0) is 20.9 Å². The summed E-state index contributed by atoms with van der Waals surface area (Å²) in [6.45, 7) is 20.6. The Balaban J connectivity index is 1.21. The maximum Gasteiger partial charge on any atom is 0.410 e. The van der Waals surface area contributed by atoms with Crippen LogP contribution in [0.4, 0.5) is 9.59 Å². The molecule has 2 aliphatic heterocycles. The van der Waals surface area contributed by atoms with E-state index in [9.17, 15) is 9.59 Å². The molecule has 0 aliphatic carbocycles. The molecule has 288 valence electrons. The van der Waals surface area contributed by atoms with Gasteiger partial charge in [0, 0.05) is 44.1 Å². The lowest BCUT2D eigenvalue weighted by molar-refractivity contribution is 0.0199. The Morgan fingerprint density at radius 1 is 0.870 bits per heavy atom. The number of rotatable bonds is 8. The van der Waals surface area contributed by atoms with Crippen LogP contribution in [0.15, 0.2) is 23.2 Å². The average Bonchev–Trinajstić information content (AvgIpc) is 3.90. The third-order valence-corrected chi connectivity index (χ3v) is 13.0. The van der Waals surface area contributed by atoms with E-state index in [1.807, 2.05) is 52.6 Å². The van der Waals surface area contributed by atoms with Gasteiger partial charge in [0.25, 0.3) is 0 Å². The number of hydrogen-bond acceptors (Lipinski definition) is 9. The molecule has 2 fully saturated rings. The summed E-state index contributed by atoms with van der Waals surface area (Å²) in [7, 11) is -1.28. The summed E-state index contributed by atoms with van der Waals surface area (Å²) < 4.78 is 22.1. The van der Waals surface area contributed by atoms with Crippen LogP contribution in [-0.4, -0.2) is 80.5 Å². The first-order valence-corrected chi connectivity index (χ1v) is 24.1. The molecule has 1 N–H and O–H groups in total. The van der Waals surface area contributed by atoms with E-state index in [-0.39, 0.29) is 24.3 Å². The van der Waals surface area contributed by atoms with Crippen molar-refractivity contribution in [2.24, 2.45) is 0 Å². The van der Waals surface area contributed by atoms with Crippen LogP contribution in [0, 0.1) is 23.7 Å². The van der Waals surface area contributed by atoms with Crippen LogP contribution in [0.2, 0.25) is 25.7 Å². The highest BCUT2D eigenvalue weighted by molar-refractivity contribution is 7.27. The third kappa shape index (κ3) is 9.58. The molecule has 0 aromatic carbocycles. The smallest absolute Gasteiger partial charge is 0.410 e. The van der Waals surface area contributed by atoms with Gasteiger partial charge in [0.1, 0.15) is 35.3 Å². The van der Waals surface area contributed by atoms with E-state index >= 15 is 0 Å². The van der Waals surface area contributed by atoms with Crippen molar-refractivity contribution >= 4 is 52.3 Å². The average molecular weight is 789 g/mol. The van der Waals surface area contributed by atoms with Crippen LogP contribution in [0.5, 0.6) is 0 Å². The Labute approximate surface area is 327 Å². The number of likely N-dealkylation sites (tertiary alicyclic amines) is 2. The molecule has 4 aromatic heterocycles. The van der Waals surface area contributed by atoms with Crippen molar-refractivity contribution in [3.63, 3.8) is 0 Å². The number of thiophene rings is 2. The first-order valence-electron chi connectivity index (χ1n) is 18.7. The molecule has 0 spiro atoms. The standard InChI is InChI=1S/C40H52N6O5S2Si/c1-39(2,3)50-37(47)44-18-12-16-30(44)35-41-22-28(43-35)15-11-10-14-27-24-52-34-29(25-53-33(27)34)32-23-42-36(46(32)26-49-20-21-54(7,8)9)31-17-13-19-45(31)38(48)51-40(4,5)6/h22-25,30-31H,12-13,16-21,26H2,1-9H3,(H,41,43). The fraction of sp³-hybridized carbons (Fsp3) is 0.550. The number of hydrogen-bond donors (Lipinski definition) is 1. The Morgan fingerprint density at radius 2 is 1.50 bits per heavy atom. The summed E-state index contributed by atoms with van der Waals surface area (Å²) in [5.41, 5.74) is 2.47. The summed E-state index contributed by atoms with van der Waals surface area (Å²) in [6, 6.07) is 0.701. The number of ether oxygens (including phenoxy) is 3. The quantitative estimate of drug-likeness (QED) is 0.108. The van der Waals surface area contributed by atoms with Gasteiger partial charge in [-0.1, -0.05) is 25.6 Å². The van der Waals surface area contributed by atoms with Crippen molar-refractivity contribution < 1.29 is 23.8 Å². The second kappa shape index (κ2) is 15.9. The predicted octanol–water partition coefficient (Wildman–Crippen LogP) is 9.41. The van der Waals surface area contributed by atoms with Crippen molar-refractivity contribution in [3.8, 4) is 34.9 Å². The molecule has 0 bridgehead atoms. The van der Waals surface area contributed by atoms with Crippen molar-refractivity contribution in [2.75, 3.05) is 19.7 Å². The fourth-order valence-electron chi connectivity index (χ4n) is 6.56. The summed E-state index contributed by atoms with van der Waals surface area (Å²) >= 11 is 3.31. The third-order valence-electron chi connectivity index (χ3n) is 9.09. The van der Waals surface area contributed by atoms with Gasteiger partial charge in [-0.2, -0.15) is 0 Å². The van der Waals surface area contributed by atoms with Crippen LogP contribution in [0.25, 0.3) is 20.7 Å². The van der Waals surface area contributed by atoms with E-state index in [1.54, 1.807) is 33.8 Å². The second-order valence-corrected chi connectivity index (χ2v) is 24.5. The van der Waals surface area contributed by atoms with Crippen molar-refractivity contribution in [3.05, 3.63) is 46.1 Å². The van der Waals surface area contributed by atoms with Crippen molar-refractivity contribution in [1.82, 2.24) is 29.3 Å². The monoisotopic (exact) mass is 788 g/mol. The molecule has 2 atom stereocenters. The molecule has 2 aliphatic rings. The van der Waals surface area contributed by atoms with E-state index < -0.39 is 19.3 Å². The Kier molecular flexibility index (Phi) is 11.7. The number of aromatic nitrogens is 4. The molecule has 11 nitrogen and oxygen atoms in total. The SMILES string of the molecule is CC(C)(C)OC(=O)N1CCCC1c1ncc(C#CC#Cc2csc3c(-c4cnc(C5CCCN5C(=O)OC(C)(C)C)n4COCC[Si](C)(C)C)csc23)[nH]1. The first-order chi connectivity index (χ1) is 25.5. The van der Waals surface area contributed by atoms with Crippen molar-refractivity contribution in [1.29, 1.82) is 0 Å². The Bertz CT molecular complexity index is 2110. The lowest BCUT2D eigenvalue weighted by Crippen LogP contribution is -2.37. The largest absolute Gasteiger partial charge is 0.444 e. The molecular weight excluding hydrogens is 737 g/mol. The molecule has 0 radical (unpaired) electrons. The number of imidazole rings is 2. The lowest BCUT2D eigenvalue weighted by atomic mass is 10.2. The van der Waals surface area contributed by atoms with E-state index in [0.717, 1.165) is 63.8 Å². The summed E-state index contributed by atoms with van der Waals surface area (Å²) in [5.74, 6) is 13.9. The molecule has 2 unspecified atom stereocenters. The highest BCUT2D eigenvalue weighted by atomic mass is 32.1. The predicted molar refractivity (Wildman–Crippen MR) is 217 cm³/mol. The molecule has 54 heavy (non-hydrogen) atoms. The van der Waals surface area contributed by atoms with Crippen LogP contribution in [0.3, 0.4) is 0 Å².